The van der Waals surface area contributed by atoms with E-state index in [2.05, 4.69) is 10.2 Å². The molecule has 3 N–H and O–H groups in total. The van der Waals surface area contributed by atoms with Gasteiger partial charge < -0.3 is 15.6 Å². The second kappa shape index (κ2) is 11.2. The molecule has 8 nitrogen and oxygen atoms in total. The molecule has 0 unspecified atom stereocenters. The summed E-state index contributed by atoms with van der Waals surface area (Å²) in [5.41, 5.74) is 6.52. The summed E-state index contributed by atoms with van der Waals surface area (Å²) in [5, 5.41) is 18.8. The number of hydrogen-bond acceptors (Lipinski definition) is 7. The summed E-state index contributed by atoms with van der Waals surface area (Å²) in [7, 11) is 0. The van der Waals surface area contributed by atoms with E-state index < -0.39 is 17.8 Å². The Morgan fingerprint density at radius 2 is 1.87 bits per heavy atom. The molecule has 1 aliphatic heterocycles. The first kappa shape index (κ1) is 29.9. The summed E-state index contributed by atoms with van der Waals surface area (Å²) in [6.07, 6.45) is -2.92. The molecule has 3 aromatic heterocycles. The summed E-state index contributed by atoms with van der Waals surface area (Å²) in [6, 6.07) is 10.3. The smallest absolute Gasteiger partial charge is 0.408 e. The summed E-state index contributed by atoms with van der Waals surface area (Å²) in [6.45, 7) is 3.52. The summed E-state index contributed by atoms with van der Waals surface area (Å²) < 4.78 is 50.2. The Bertz CT molecular complexity index is 1420. The van der Waals surface area contributed by atoms with Gasteiger partial charge in [-0.1, -0.05) is 24.3 Å². The normalized spacial score (nSPS) is 18.9. The van der Waals surface area contributed by atoms with Gasteiger partial charge in [-0.05, 0) is 44.0 Å². The van der Waals surface area contributed by atoms with Gasteiger partial charge in [-0.3, -0.25) is 9.30 Å². The number of likely N-dealkylation sites (tertiary alicyclic amines) is 1. The first-order valence-corrected chi connectivity index (χ1v) is 11.7. The highest BCUT2D eigenvalue weighted by Gasteiger charge is 2.49. The number of ether oxygens (including phenoxy) is 1. The van der Waals surface area contributed by atoms with Gasteiger partial charge in [0.05, 0.1) is 18.2 Å². The van der Waals surface area contributed by atoms with E-state index in [1.807, 2.05) is 38.1 Å². The third kappa shape index (κ3) is 5.67. The van der Waals surface area contributed by atoms with Gasteiger partial charge in [0, 0.05) is 24.7 Å². The zero-order valence-corrected chi connectivity index (χ0v) is 22.4. The molecule has 5 rings (SSSR count). The SMILES string of the molecule is CC(C)Oc1cccc2ccc(-c3nnc4ccc([C@@H](N5CC[C@@](N)(CO)C5)C(F)(F)F)cn34)nc12.Cl.Cl. The molecule has 4 heterocycles. The average Bonchev–Trinajstić information content (AvgIpc) is 3.42. The monoisotopic (exact) mass is 572 g/mol. The molecular formula is C25H29Cl2F3N6O2. The second-order valence-corrected chi connectivity index (χ2v) is 9.59. The van der Waals surface area contributed by atoms with Crippen LogP contribution in [-0.4, -0.2) is 67.1 Å². The third-order valence-electron chi connectivity index (χ3n) is 6.42. The van der Waals surface area contributed by atoms with Crippen molar-refractivity contribution < 1.29 is 23.0 Å². The van der Waals surface area contributed by atoms with Crippen LogP contribution in [0.25, 0.3) is 28.1 Å². The number of aliphatic hydroxyl groups excluding tert-OH is 1. The van der Waals surface area contributed by atoms with Crippen molar-refractivity contribution in [3.8, 4) is 17.3 Å². The van der Waals surface area contributed by atoms with E-state index in [1.165, 1.54) is 27.6 Å². The van der Waals surface area contributed by atoms with Crippen LogP contribution in [0.15, 0.2) is 48.7 Å². The van der Waals surface area contributed by atoms with Crippen LogP contribution in [0.5, 0.6) is 5.75 Å². The van der Waals surface area contributed by atoms with E-state index in [9.17, 15) is 18.3 Å². The van der Waals surface area contributed by atoms with Gasteiger partial charge in [-0.15, -0.1) is 35.0 Å². The van der Waals surface area contributed by atoms with Gasteiger partial charge in [0.2, 0.25) is 0 Å². The Labute approximate surface area is 229 Å². The molecule has 0 aliphatic carbocycles. The maximum Gasteiger partial charge on any atom is 0.408 e. The first-order chi connectivity index (χ1) is 17.1. The van der Waals surface area contributed by atoms with Gasteiger partial charge >= 0.3 is 6.18 Å². The predicted molar refractivity (Wildman–Crippen MR) is 143 cm³/mol. The molecule has 4 aromatic rings. The number of nitrogens with zero attached hydrogens (tertiary/aromatic N) is 5. The third-order valence-corrected chi connectivity index (χ3v) is 6.42. The largest absolute Gasteiger partial charge is 0.489 e. The number of rotatable bonds is 6. The lowest BCUT2D eigenvalue weighted by Gasteiger charge is -2.31. The minimum atomic E-state index is -4.55. The van der Waals surface area contributed by atoms with Crippen molar-refractivity contribution in [2.75, 3.05) is 19.7 Å². The fourth-order valence-electron chi connectivity index (χ4n) is 4.72. The molecule has 1 aromatic carbocycles. The minimum Gasteiger partial charge on any atom is -0.489 e. The number of fused-ring (bicyclic) bond motifs is 2. The molecule has 206 valence electrons. The lowest BCUT2D eigenvalue weighted by atomic mass is 10.0. The molecule has 0 bridgehead atoms. The van der Waals surface area contributed by atoms with Crippen molar-refractivity contribution in [3.63, 3.8) is 0 Å². The van der Waals surface area contributed by atoms with Crippen molar-refractivity contribution >= 4 is 41.4 Å². The predicted octanol–water partition coefficient (Wildman–Crippen LogP) is 4.57. The number of nitrogens with two attached hydrogens (primary N) is 1. The van der Waals surface area contributed by atoms with E-state index in [0.29, 0.717) is 28.4 Å². The fourth-order valence-corrected chi connectivity index (χ4v) is 4.72. The van der Waals surface area contributed by atoms with E-state index in [0.717, 1.165) is 5.39 Å². The Balaban J connectivity index is 0.00000200. The number of alkyl halides is 3. The number of aromatic nitrogens is 4. The van der Waals surface area contributed by atoms with Crippen molar-refractivity contribution in [1.29, 1.82) is 0 Å². The van der Waals surface area contributed by atoms with Gasteiger partial charge in [0.1, 0.15) is 23.0 Å². The highest BCUT2D eigenvalue weighted by Crippen LogP contribution is 2.41. The van der Waals surface area contributed by atoms with Crippen molar-refractivity contribution in [1.82, 2.24) is 24.5 Å². The minimum absolute atomic E-state index is 0. The number of benzene rings is 1. The van der Waals surface area contributed by atoms with Gasteiger partial charge in [-0.25, -0.2) is 4.98 Å². The number of halogens is 5. The van der Waals surface area contributed by atoms with Crippen LogP contribution >= 0.6 is 24.8 Å². The van der Waals surface area contributed by atoms with Crippen molar-refractivity contribution in [3.05, 3.63) is 54.2 Å². The molecular weight excluding hydrogens is 544 g/mol. The van der Waals surface area contributed by atoms with Gasteiger partial charge in [-0.2, -0.15) is 13.2 Å². The van der Waals surface area contributed by atoms with Crippen LogP contribution in [0.3, 0.4) is 0 Å². The molecule has 0 amide bonds. The van der Waals surface area contributed by atoms with Gasteiger partial charge in [0.25, 0.3) is 0 Å². The van der Waals surface area contributed by atoms with E-state index >= 15 is 0 Å². The molecule has 0 saturated carbocycles. The van der Waals surface area contributed by atoms with Gasteiger partial charge in [0.15, 0.2) is 11.5 Å². The van der Waals surface area contributed by atoms with Crippen LogP contribution in [0, 0.1) is 0 Å². The summed E-state index contributed by atoms with van der Waals surface area (Å²) in [4.78, 5) is 6.00. The molecule has 13 heteroatoms. The Kier molecular flexibility index (Phi) is 8.79. The Hall–Kier alpha value is -2.70. The quantitative estimate of drug-likeness (QED) is 0.349. The topological polar surface area (TPSA) is 102 Å². The maximum atomic E-state index is 14.3. The fraction of sp³-hybridized carbons (Fsp3) is 0.400. The summed E-state index contributed by atoms with van der Waals surface area (Å²) in [5.74, 6) is 0.929. The first-order valence-electron chi connectivity index (χ1n) is 11.7. The number of pyridine rings is 2. The van der Waals surface area contributed by atoms with Crippen LogP contribution in [0.4, 0.5) is 13.2 Å². The summed E-state index contributed by atoms with van der Waals surface area (Å²) >= 11 is 0. The van der Waals surface area contributed by atoms with E-state index in [4.69, 9.17) is 15.5 Å². The highest BCUT2D eigenvalue weighted by atomic mass is 35.5. The number of para-hydroxylation sites is 1. The molecule has 1 saturated heterocycles. The standard InChI is InChI=1S/C25H27F3N6O2.2ClH/c1-15(2)36-19-5-3-4-16-6-8-18(30-21(16)19)23-32-31-20-9-7-17(12-34(20)23)22(25(26,27)28)33-11-10-24(29,13-33)14-35;;/h3-9,12,15,22,35H,10-11,13-14,29H2,1-2H3;2*1H/t22-,24+;;/m1../s1. The Morgan fingerprint density at radius 1 is 1.11 bits per heavy atom. The highest BCUT2D eigenvalue weighted by molar-refractivity contribution is 5.86. The van der Waals surface area contributed by atoms with Crippen molar-refractivity contribution in [2.45, 2.75) is 44.1 Å². The molecule has 1 fully saturated rings. The Morgan fingerprint density at radius 3 is 2.53 bits per heavy atom. The number of hydrogen-bond donors (Lipinski definition) is 2. The zero-order chi connectivity index (χ0) is 25.7. The lowest BCUT2D eigenvalue weighted by molar-refractivity contribution is -0.184. The molecule has 2 atom stereocenters. The van der Waals surface area contributed by atoms with E-state index in [1.54, 1.807) is 6.07 Å². The average molecular weight is 573 g/mol. The number of aliphatic hydroxyl groups is 1. The van der Waals surface area contributed by atoms with Crippen LogP contribution in [-0.2, 0) is 0 Å². The van der Waals surface area contributed by atoms with Crippen LogP contribution < -0.4 is 10.5 Å². The second-order valence-electron chi connectivity index (χ2n) is 9.59. The zero-order valence-electron chi connectivity index (χ0n) is 20.7. The van der Waals surface area contributed by atoms with Crippen molar-refractivity contribution in [2.24, 2.45) is 5.73 Å². The van der Waals surface area contributed by atoms with E-state index in [-0.39, 0.29) is 62.6 Å². The lowest BCUT2D eigenvalue weighted by Crippen LogP contribution is -2.48. The molecule has 1 aliphatic rings. The molecule has 0 radical (unpaired) electrons. The maximum absolute atomic E-state index is 14.3. The van der Waals surface area contributed by atoms with Crippen LogP contribution in [0.1, 0.15) is 31.9 Å². The van der Waals surface area contributed by atoms with Crippen LogP contribution in [0.2, 0.25) is 0 Å². The molecule has 38 heavy (non-hydrogen) atoms. The molecule has 0 spiro atoms.